The maximum Gasteiger partial charge on any atom is 0.332 e. The summed E-state index contributed by atoms with van der Waals surface area (Å²) in [7, 11) is 2.98. The number of aliphatic hydroxyl groups is 1. The monoisotopic (exact) mass is 378 g/mol. The van der Waals surface area contributed by atoms with Gasteiger partial charge < -0.3 is 9.67 Å². The number of imidazole rings is 1. The van der Waals surface area contributed by atoms with Crippen LogP contribution in [0.1, 0.15) is 12.5 Å². The second-order valence-corrected chi connectivity index (χ2v) is 7.13. The van der Waals surface area contributed by atoms with Gasteiger partial charge >= 0.3 is 5.69 Å². The lowest BCUT2D eigenvalue weighted by Gasteiger charge is -2.10. The van der Waals surface area contributed by atoms with Crippen LogP contribution in [-0.2, 0) is 20.6 Å². The first-order valence-electron chi connectivity index (χ1n) is 8.01. The van der Waals surface area contributed by atoms with Crippen molar-refractivity contribution in [3.05, 3.63) is 56.5 Å². The van der Waals surface area contributed by atoms with Crippen LogP contribution in [0, 0.1) is 5.82 Å². The van der Waals surface area contributed by atoms with Crippen LogP contribution >= 0.6 is 11.8 Å². The van der Waals surface area contributed by atoms with Gasteiger partial charge in [0, 0.05) is 19.8 Å². The van der Waals surface area contributed by atoms with Crippen LogP contribution in [0.25, 0.3) is 11.2 Å². The van der Waals surface area contributed by atoms with E-state index in [-0.39, 0.29) is 11.5 Å². The van der Waals surface area contributed by atoms with Gasteiger partial charge in [-0.05, 0) is 24.6 Å². The van der Waals surface area contributed by atoms with Gasteiger partial charge in [0.1, 0.15) is 5.82 Å². The van der Waals surface area contributed by atoms with Crippen LogP contribution in [0.3, 0.4) is 0 Å². The minimum Gasteiger partial charge on any atom is -0.393 e. The third-order valence-corrected chi connectivity index (χ3v) is 5.24. The second kappa shape index (κ2) is 7.08. The normalized spacial score (nSPS) is 12.7. The fourth-order valence-electron chi connectivity index (χ4n) is 2.65. The molecule has 3 aromatic rings. The van der Waals surface area contributed by atoms with E-state index in [1.165, 1.54) is 35.5 Å². The summed E-state index contributed by atoms with van der Waals surface area (Å²) in [5, 5.41) is 10.1. The van der Waals surface area contributed by atoms with Crippen molar-refractivity contribution in [3.8, 4) is 0 Å². The quantitative estimate of drug-likeness (QED) is 0.672. The van der Waals surface area contributed by atoms with Crippen LogP contribution in [0.5, 0.6) is 0 Å². The third kappa shape index (κ3) is 3.32. The molecule has 9 heteroatoms. The lowest BCUT2D eigenvalue weighted by atomic mass is 10.2. The molecule has 138 valence electrons. The minimum atomic E-state index is -0.550. The van der Waals surface area contributed by atoms with Crippen LogP contribution in [0.2, 0.25) is 0 Å². The number of hydrogen-bond donors (Lipinski definition) is 1. The number of aromatic nitrogens is 4. The first kappa shape index (κ1) is 18.4. The number of nitrogens with zero attached hydrogens (tertiary/aromatic N) is 4. The molecule has 7 nitrogen and oxygen atoms in total. The first-order valence-corrected chi connectivity index (χ1v) is 8.99. The van der Waals surface area contributed by atoms with Crippen molar-refractivity contribution in [2.24, 2.45) is 14.1 Å². The summed E-state index contributed by atoms with van der Waals surface area (Å²) in [6.45, 7) is 1.96. The summed E-state index contributed by atoms with van der Waals surface area (Å²) in [4.78, 5) is 29.3. The molecule has 3 rings (SSSR count). The molecule has 0 bridgehead atoms. The highest BCUT2D eigenvalue weighted by Gasteiger charge is 2.20. The second-order valence-electron chi connectivity index (χ2n) is 6.14. The van der Waals surface area contributed by atoms with Gasteiger partial charge in [0.05, 0.1) is 12.6 Å². The number of halogens is 1. The lowest BCUT2D eigenvalue weighted by Crippen LogP contribution is -2.37. The van der Waals surface area contributed by atoms with Crippen LogP contribution in [-0.4, -0.2) is 35.6 Å². The van der Waals surface area contributed by atoms with E-state index in [1.807, 2.05) is 0 Å². The summed E-state index contributed by atoms with van der Waals surface area (Å²) in [5.74, 6) is 0.0485. The third-order valence-electron chi connectivity index (χ3n) is 4.02. The summed E-state index contributed by atoms with van der Waals surface area (Å²) >= 11 is 1.30. The SMILES string of the molecule is CC(O)CSc1nc2c(c(=O)n(C)c(=O)n2C)n1Cc1ccc(F)cc1. The van der Waals surface area contributed by atoms with Gasteiger partial charge in [0.2, 0.25) is 0 Å². The van der Waals surface area contributed by atoms with Crippen LogP contribution in [0.4, 0.5) is 4.39 Å². The van der Waals surface area contributed by atoms with E-state index < -0.39 is 17.4 Å². The summed E-state index contributed by atoms with van der Waals surface area (Å²) in [5.41, 5.74) is 0.475. The fourth-order valence-corrected chi connectivity index (χ4v) is 3.50. The van der Waals surface area contributed by atoms with Crippen molar-refractivity contribution >= 4 is 22.9 Å². The maximum absolute atomic E-state index is 13.2. The zero-order valence-electron chi connectivity index (χ0n) is 14.6. The number of benzene rings is 1. The molecule has 0 aliphatic heterocycles. The topological polar surface area (TPSA) is 82.1 Å². The van der Waals surface area contributed by atoms with Crippen molar-refractivity contribution in [2.75, 3.05) is 5.75 Å². The van der Waals surface area contributed by atoms with Gasteiger partial charge in [-0.15, -0.1) is 0 Å². The van der Waals surface area contributed by atoms with Crippen molar-refractivity contribution in [1.82, 2.24) is 18.7 Å². The summed E-state index contributed by atoms with van der Waals surface area (Å²) in [6, 6.07) is 5.98. The highest BCUT2D eigenvalue weighted by Crippen LogP contribution is 2.23. The number of fused-ring (bicyclic) bond motifs is 1. The summed E-state index contributed by atoms with van der Waals surface area (Å²) in [6.07, 6.45) is -0.550. The molecule has 0 radical (unpaired) electrons. The van der Waals surface area contributed by atoms with Gasteiger partial charge in [-0.25, -0.2) is 14.2 Å². The van der Waals surface area contributed by atoms with Crippen LogP contribution in [0.15, 0.2) is 39.0 Å². The molecule has 0 saturated heterocycles. The molecule has 1 N–H and O–H groups in total. The Hall–Kier alpha value is -2.39. The zero-order chi connectivity index (χ0) is 19.0. The van der Waals surface area contributed by atoms with Gasteiger partial charge in [-0.1, -0.05) is 23.9 Å². The molecule has 0 aliphatic rings. The van der Waals surface area contributed by atoms with E-state index in [0.29, 0.717) is 23.0 Å². The smallest absolute Gasteiger partial charge is 0.332 e. The largest absolute Gasteiger partial charge is 0.393 e. The standard InChI is InChI=1S/C17H19FN4O3S/c1-10(23)9-26-16-19-14-13(15(24)21(3)17(25)20(14)2)22(16)8-11-4-6-12(18)7-5-11/h4-7,10,23H,8-9H2,1-3H3. The van der Waals surface area contributed by atoms with Crippen molar-refractivity contribution in [2.45, 2.75) is 24.7 Å². The van der Waals surface area contributed by atoms with Gasteiger partial charge in [-0.3, -0.25) is 13.9 Å². The predicted octanol–water partition coefficient (Wildman–Crippen LogP) is 1.09. The Kier molecular flexibility index (Phi) is 5.01. The Morgan fingerprint density at radius 1 is 1.19 bits per heavy atom. The Morgan fingerprint density at radius 2 is 1.85 bits per heavy atom. The van der Waals surface area contributed by atoms with Crippen LogP contribution < -0.4 is 11.2 Å². The van der Waals surface area contributed by atoms with E-state index in [9.17, 15) is 19.1 Å². The van der Waals surface area contributed by atoms with Gasteiger partial charge in [0.25, 0.3) is 5.56 Å². The Bertz CT molecular complexity index is 1070. The molecule has 1 aromatic carbocycles. The maximum atomic E-state index is 13.2. The molecule has 26 heavy (non-hydrogen) atoms. The molecule has 0 fully saturated rings. The Balaban J connectivity index is 2.22. The van der Waals surface area contributed by atoms with Crippen molar-refractivity contribution in [1.29, 1.82) is 0 Å². The highest BCUT2D eigenvalue weighted by molar-refractivity contribution is 7.99. The molecule has 0 aliphatic carbocycles. The number of rotatable bonds is 5. The molecule has 0 spiro atoms. The Labute approximate surface area is 152 Å². The number of hydrogen-bond acceptors (Lipinski definition) is 5. The molecule has 1 atom stereocenters. The van der Waals surface area contributed by atoms with Crippen molar-refractivity contribution in [3.63, 3.8) is 0 Å². The predicted molar refractivity (Wildman–Crippen MR) is 98.1 cm³/mol. The minimum absolute atomic E-state index is 0.285. The number of thioether (sulfide) groups is 1. The molecule has 0 saturated carbocycles. The Morgan fingerprint density at radius 3 is 2.46 bits per heavy atom. The highest BCUT2D eigenvalue weighted by atomic mass is 32.2. The first-order chi connectivity index (χ1) is 12.3. The average Bonchev–Trinajstić information content (AvgIpc) is 2.96. The van der Waals surface area contributed by atoms with Gasteiger partial charge in [0.15, 0.2) is 16.3 Å². The van der Waals surface area contributed by atoms with E-state index in [2.05, 4.69) is 4.98 Å². The van der Waals surface area contributed by atoms with Gasteiger partial charge in [-0.2, -0.15) is 0 Å². The molecule has 2 aromatic heterocycles. The van der Waals surface area contributed by atoms with E-state index in [4.69, 9.17) is 0 Å². The molecular weight excluding hydrogens is 359 g/mol. The lowest BCUT2D eigenvalue weighted by molar-refractivity contribution is 0.220. The van der Waals surface area contributed by atoms with E-state index >= 15 is 0 Å². The average molecular weight is 378 g/mol. The zero-order valence-corrected chi connectivity index (χ0v) is 15.5. The number of aryl methyl sites for hydroxylation is 1. The number of aliphatic hydroxyl groups excluding tert-OH is 1. The molecular formula is C17H19FN4O3S. The van der Waals surface area contributed by atoms with Crippen molar-refractivity contribution < 1.29 is 9.50 Å². The van der Waals surface area contributed by atoms with E-state index in [1.54, 1.807) is 30.7 Å². The summed E-state index contributed by atoms with van der Waals surface area (Å²) < 4.78 is 17.2. The molecule has 1 unspecified atom stereocenters. The molecule has 2 heterocycles. The van der Waals surface area contributed by atoms with E-state index in [0.717, 1.165) is 10.1 Å². The fraction of sp³-hybridized carbons (Fsp3) is 0.353. The molecule has 0 amide bonds.